The van der Waals surface area contributed by atoms with Crippen molar-refractivity contribution in [3.63, 3.8) is 0 Å². The minimum atomic E-state index is -0.304. The highest BCUT2D eigenvalue weighted by molar-refractivity contribution is 5.94. The van der Waals surface area contributed by atoms with Crippen molar-refractivity contribution < 1.29 is 9.18 Å². The zero-order valence-corrected chi connectivity index (χ0v) is 10.2. The van der Waals surface area contributed by atoms with Gasteiger partial charge in [-0.15, -0.1) is 0 Å². The summed E-state index contributed by atoms with van der Waals surface area (Å²) in [6, 6.07) is 6.12. The highest BCUT2D eigenvalue weighted by Crippen LogP contribution is 2.22. The van der Waals surface area contributed by atoms with Crippen LogP contribution < -0.4 is 0 Å². The number of carbonyl (C=O) groups is 1. The third-order valence-electron chi connectivity index (χ3n) is 3.53. The molecule has 0 aromatic heterocycles. The van der Waals surface area contributed by atoms with Gasteiger partial charge in [0.15, 0.2) is 0 Å². The van der Waals surface area contributed by atoms with Gasteiger partial charge in [-0.25, -0.2) is 4.39 Å². The second-order valence-corrected chi connectivity index (χ2v) is 4.71. The van der Waals surface area contributed by atoms with Crippen LogP contribution in [0.3, 0.4) is 0 Å². The molecule has 1 aliphatic carbocycles. The fourth-order valence-electron chi connectivity index (χ4n) is 2.43. The summed E-state index contributed by atoms with van der Waals surface area (Å²) in [7, 11) is 1.85. The standard InChI is InChI=1S/C14H18FNO/c1-16(13-5-3-2-4-6-13)14(17)11-7-9-12(15)10-8-11/h7-10,13H,2-6H2,1H3. The van der Waals surface area contributed by atoms with Gasteiger partial charge in [0.2, 0.25) is 0 Å². The van der Waals surface area contributed by atoms with E-state index in [0.717, 1.165) is 12.8 Å². The first-order chi connectivity index (χ1) is 8.18. The lowest BCUT2D eigenvalue weighted by Crippen LogP contribution is -2.38. The van der Waals surface area contributed by atoms with E-state index in [1.807, 2.05) is 11.9 Å². The second kappa shape index (κ2) is 5.30. The maximum Gasteiger partial charge on any atom is 0.253 e. The number of nitrogens with zero attached hydrogens (tertiary/aromatic N) is 1. The highest BCUT2D eigenvalue weighted by Gasteiger charge is 2.22. The second-order valence-electron chi connectivity index (χ2n) is 4.71. The van der Waals surface area contributed by atoms with Crippen LogP contribution in [0.25, 0.3) is 0 Å². The minimum absolute atomic E-state index is 0.00287. The third kappa shape index (κ3) is 2.84. The normalized spacial score (nSPS) is 16.8. The van der Waals surface area contributed by atoms with Gasteiger partial charge in [0.1, 0.15) is 5.82 Å². The van der Waals surface area contributed by atoms with E-state index in [2.05, 4.69) is 0 Å². The van der Waals surface area contributed by atoms with E-state index in [9.17, 15) is 9.18 Å². The molecule has 2 nitrogen and oxygen atoms in total. The number of carbonyl (C=O) groups excluding carboxylic acids is 1. The molecule has 92 valence electrons. The Bertz CT molecular complexity index is 382. The summed E-state index contributed by atoms with van der Waals surface area (Å²) in [6.07, 6.45) is 5.85. The van der Waals surface area contributed by atoms with Gasteiger partial charge in [-0.05, 0) is 37.1 Å². The molecular formula is C14H18FNO. The number of rotatable bonds is 2. The number of amides is 1. The van der Waals surface area contributed by atoms with Crippen molar-refractivity contribution in [1.82, 2.24) is 4.90 Å². The number of hydrogen-bond acceptors (Lipinski definition) is 1. The molecule has 1 fully saturated rings. The Labute approximate surface area is 101 Å². The zero-order chi connectivity index (χ0) is 12.3. The summed E-state index contributed by atoms with van der Waals surface area (Å²) in [4.78, 5) is 14.0. The van der Waals surface area contributed by atoms with Crippen molar-refractivity contribution in [1.29, 1.82) is 0 Å². The van der Waals surface area contributed by atoms with Crippen molar-refractivity contribution in [2.75, 3.05) is 7.05 Å². The van der Waals surface area contributed by atoms with E-state index in [4.69, 9.17) is 0 Å². The summed E-state index contributed by atoms with van der Waals surface area (Å²) in [5.74, 6) is -0.307. The van der Waals surface area contributed by atoms with Crippen LogP contribution in [0.5, 0.6) is 0 Å². The summed E-state index contributed by atoms with van der Waals surface area (Å²) in [6.45, 7) is 0. The van der Waals surface area contributed by atoms with Crippen LogP contribution in [-0.2, 0) is 0 Å². The monoisotopic (exact) mass is 235 g/mol. The molecule has 17 heavy (non-hydrogen) atoms. The SMILES string of the molecule is CN(C(=O)c1ccc(F)cc1)C1CCCCC1. The lowest BCUT2D eigenvalue weighted by Gasteiger charge is -2.31. The summed E-state index contributed by atoms with van der Waals surface area (Å²) in [5.41, 5.74) is 0.569. The number of halogens is 1. The van der Waals surface area contributed by atoms with Gasteiger partial charge in [-0.1, -0.05) is 19.3 Å². The van der Waals surface area contributed by atoms with Gasteiger partial charge in [-0.2, -0.15) is 0 Å². The highest BCUT2D eigenvalue weighted by atomic mass is 19.1. The van der Waals surface area contributed by atoms with Crippen LogP contribution in [0.2, 0.25) is 0 Å². The van der Waals surface area contributed by atoms with E-state index in [1.165, 1.54) is 31.4 Å². The zero-order valence-electron chi connectivity index (χ0n) is 10.2. The van der Waals surface area contributed by atoms with Crippen LogP contribution in [0.4, 0.5) is 4.39 Å². The molecule has 1 aromatic carbocycles. The van der Waals surface area contributed by atoms with Crippen LogP contribution in [0, 0.1) is 5.82 Å². The number of hydrogen-bond donors (Lipinski definition) is 0. The summed E-state index contributed by atoms with van der Waals surface area (Å²) in [5, 5.41) is 0. The van der Waals surface area contributed by atoms with Crippen molar-refractivity contribution in [3.8, 4) is 0 Å². The molecule has 0 radical (unpaired) electrons. The Hall–Kier alpha value is -1.38. The Morgan fingerprint density at radius 1 is 1.18 bits per heavy atom. The topological polar surface area (TPSA) is 20.3 Å². The molecule has 0 unspecified atom stereocenters. The lowest BCUT2D eigenvalue weighted by atomic mass is 9.94. The van der Waals surface area contributed by atoms with Crippen molar-refractivity contribution in [2.24, 2.45) is 0 Å². The molecule has 1 amide bonds. The first-order valence-electron chi connectivity index (χ1n) is 6.21. The molecule has 1 saturated carbocycles. The van der Waals surface area contributed by atoms with E-state index in [1.54, 1.807) is 12.1 Å². The largest absolute Gasteiger partial charge is 0.339 e. The average Bonchev–Trinajstić information content (AvgIpc) is 2.39. The molecule has 0 aliphatic heterocycles. The average molecular weight is 235 g/mol. The summed E-state index contributed by atoms with van der Waals surface area (Å²) >= 11 is 0. The van der Waals surface area contributed by atoms with Gasteiger partial charge in [0.25, 0.3) is 5.91 Å². The minimum Gasteiger partial charge on any atom is -0.339 e. The molecule has 0 spiro atoms. The van der Waals surface area contributed by atoms with E-state index >= 15 is 0 Å². The first kappa shape index (κ1) is 12.1. The molecule has 0 bridgehead atoms. The van der Waals surface area contributed by atoms with Crippen molar-refractivity contribution in [2.45, 2.75) is 38.1 Å². The molecule has 0 N–H and O–H groups in total. The van der Waals surface area contributed by atoms with Crippen molar-refractivity contribution >= 4 is 5.91 Å². The molecule has 3 heteroatoms. The predicted octanol–water partition coefficient (Wildman–Crippen LogP) is 3.23. The van der Waals surface area contributed by atoms with Crippen LogP contribution in [0.15, 0.2) is 24.3 Å². The van der Waals surface area contributed by atoms with Gasteiger partial charge < -0.3 is 4.90 Å². The van der Waals surface area contributed by atoms with E-state index in [-0.39, 0.29) is 11.7 Å². The molecular weight excluding hydrogens is 217 g/mol. The molecule has 2 rings (SSSR count). The maximum absolute atomic E-state index is 12.8. The van der Waals surface area contributed by atoms with E-state index < -0.39 is 0 Å². The third-order valence-corrected chi connectivity index (χ3v) is 3.53. The van der Waals surface area contributed by atoms with Crippen LogP contribution in [-0.4, -0.2) is 23.9 Å². The molecule has 0 atom stereocenters. The van der Waals surface area contributed by atoms with Crippen LogP contribution >= 0.6 is 0 Å². The number of benzene rings is 1. The molecule has 0 saturated heterocycles. The van der Waals surface area contributed by atoms with Gasteiger partial charge in [0.05, 0.1) is 0 Å². The van der Waals surface area contributed by atoms with Gasteiger partial charge in [0, 0.05) is 18.7 Å². The van der Waals surface area contributed by atoms with Crippen molar-refractivity contribution in [3.05, 3.63) is 35.6 Å². The fourth-order valence-corrected chi connectivity index (χ4v) is 2.43. The Morgan fingerprint density at radius 3 is 2.35 bits per heavy atom. The van der Waals surface area contributed by atoms with Gasteiger partial charge >= 0.3 is 0 Å². The van der Waals surface area contributed by atoms with Crippen LogP contribution in [0.1, 0.15) is 42.5 Å². The lowest BCUT2D eigenvalue weighted by molar-refractivity contribution is 0.0696. The predicted molar refractivity (Wildman–Crippen MR) is 65.4 cm³/mol. The fraction of sp³-hybridized carbons (Fsp3) is 0.500. The molecule has 1 aromatic rings. The Balaban J connectivity index is 2.05. The molecule has 0 heterocycles. The Kier molecular flexibility index (Phi) is 3.77. The Morgan fingerprint density at radius 2 is 1.76 bits per heavy atom. The quantitative estimate of drug-likeness (QED) is 0.770. The first-order valence-corrected chi connectivity index (χ1v) is 6.21. The molecule has 1 aliphatic rings. The summed E-state index contributed by atoms with van der Waals surface area (Å²) < 4.78 is 12.8. The van der Waals surface area contributed by atoms with E-state index in [0.29, 0.717) is 11.6 Å². The smallest absolute Gasteiger partial charge is 0.253 e. The maximum atomic E-state index is 12.8. The van der Waals surface area contributed by atoms with Gasteiger partial charge in [-0.3, -0.25) is 4.79 Å².